The number of aryl methyl sites for hydroxylation is 2. The van der Waals surface area contributed by atoms with Gasteiger partial charge < -0.3 is 10.1 Å². The zero-order chi connectivity index (χ0) is 15.4. The number of ether oxygens (including phenoxy) is 1. The van der Waals surface area contributed by atoms with E-state index in [-0.39, 0.29) is 5.91 Å². The number of para-hydroxylation sites is 1. The summed E-state index contributed by atoms with van der Waals surface area (Å²) in [6.07, 6.45) is 0. The van der Waals surface area contributed by atoms with E-state index in [0.29, 0.717) is 24.5 Å². The largest absolute Gasteiger partial charge is 0.493 e. The first-order valence-electron chi connectivity index (χ1n) is 7.03. The number of benzene rings is 1. The molecule has 21 heavy (non-hydrogen) atoms. The number of aromatic nitrogens is 2. The topological polar surface area (TPSA) is 56.1 Å². The Balaban J connectivity index is 2.12. The molecule has 0 bridgehead atoms. The Morgan fingerprint density at radius 3 is 2.67 bits per heavy atom. The van der Waals surface area contributed by atoms with Crippen molar-refractivity contribution in [1.29, 1.82) is 0 Å². The van der Waals surface area contributed by atoms with Crippen molar-refractivity contribution < 1.29 is 9.53 Å². The van der Waals surface area contributed by atoms with Crippen molar-refractivity contribution in [3.05, 3.63) is 46.8 Å². The van der Waals surface area contributed by atoms with Crippen molar-refractivity contribution in [1.82, 2.24) is 15.1 Å². The predicted molar refractivity (Wildman–Crippen MR) is 81.5 cm³/mol. The molecule has 0 atom stereocenters. The van der Waals surface area contributed by atoms with E-state index in [0.717, 1.165) is 17.0 Å². The molecule has 0 saturated heterocycles. The van der Waals surface area contributed by atoms with E-state index in [1.54, 1.807) is 12.1 Å². The maximum Gasteiger partial charge on any atom is 0.255 e. The summed E-state index contributed by atoms with van der Waals surface area (Å²) in [5, 5.41) is 7.29. The zero-order valence-corrected chi connectivity index (χ0v) is 12.9. The van der Waals surface area contributed by atoms with E-state index in [2.05, 4.69) is 10.4 Å². The standard InChI is InChI=1S/C16H21N3O2/c1-5-21-15-9-7-6-8-13(15)16(20)17-10-14-11(2)18-19(4)12(14)3/h6-9H,5,10H2,1-4H3,(H,17,20). The molecule has 0 aliphatic heterocycles. The van der Waals surface area contributed by atoms with E-state index in [4.69, 9.17) is 4.74 Å². The highest BCUT2D eigenvalue weighted by molar-refractivity contribution is 5.96. The fraction of sp³-hybridized carbons (Fsp3) is 0.375. The first-order valence-corrected chi connectivity index (χ1v) is 7.03. The minimum Gasteiger partial charge on any atom is -0.493 e. The van der Waals surface area contributed by atoms with Gasteiger partial charge in [0.25, 0.3) is 5.91 Å². The van der Waals surface area contributed by atoms with Gasteiger partial charge in [0.15, 0.2) is 0 Å². The summed E-state index contributed by atoms with van der Waals surface area (Å²) in [5.74, 6) is 0.471. The summed E-state index contributed by atoms with van der Waals surface area (Å²) in [6, 6.07) is 7.26. The maximum absolute atomic E-state index is 12.3. The molecular formula is C16H21N3O2. The summed E-state index contributed by atoms with van der Waals surface area (Å²) in [4.78, 5) is 12.3. The van der Waals surface area contributed by atoms with Gasteiger partial charge in [0.2, 0.25) is 0 Å². The lowest BCUT2D eigenvalue weighted by Gasteiger charge is -2.10. The molecule has 2 rings (SSSR count). The van der Waals surface area contributed by atoms with Crippen LogP contribution in [-0.4, -0.2) is 22.3 Å². The minimum atomic E-state index is -0.137. The number of carbonyl (C=O) groups is 1. The van der Waals surface area contributed by atoms with Crippen molar-refractivity contribution in [3.8, 4) is 5.75 Å². The second kappa shape index (κ2) is 6.43. The molecule has 0 fully saturated rings. The Morgan fingerprint density at radius 1 is 1.33 bits per heavy atom. The van der Waals surface area contributed by atoms with Crippen LogP contribution in [0.5, 0.6) is 5.75 Å². The molecule has 0 spiro atoms. The van der Waals surface area contributed by atoms with E-state index in [1.165, 1.54) is 0 Å². The van der Waals surface area contributed by atoms with Gasteiger partial charge in [0, 0.05) is 24.8 Å². The number of amides is 1. The Kier molecular flexibility index (Phi) is 4.62. The van der Waals surface area contributed by atoms with Gasteiger partial charge in [-0.05, 0) is 32.9 Å². The average molecular weight is 287 g/mol. The zero-order valence-electron chi connectivity index (χ0n) is 12.9. The Labute approximate surface area is 124 Å². The molecule has 0 unspecified atom stereocenters. The van der Waals surface area contributed by atoms with Gasteiger partial charge in [-0.1, -0.05) is 12.1 Å². The van der Waals surface area contributed by atoms with Gasteiger partial charge in [0.05, 0.1) is 17.9 Å². The summed E-state index contributed by atoms with van der Waals surface area (Å²) >= 11 is 0. The summed E-state index contributed by atoms with van der Waals surface area (Å²) in [7, 11) is 1.90. The molecule has 0 aliphatic rings. The van der Waals surface area contributed by atoms with E-state index in [9.17, 15) is 4.79 Å². The van der Waals surface area contributed by atoms with Crippen molar-refractivity contribution in [2.24, 2.45) is 7.05 Å². The quantitative estimate of drug-likeness (QED) is 0.918. The number of carbonyl (C=O) groups excluding carboxylic acids is 1. The second-order valence-corrected chi connectivity index (χ2v) is 4.88. The van der Waals surface area contributed by atoms with E-state index < -0.39 is 0 Å². The highest BCUT2D eigenvalue weighted by Gasteiger charge is 2.14. The molecule has 0 radical (unpaired) electrons. The number of hydrogen-bond donors (Lipinski definition) is 1. The van der Waals surface area contributed by atoms with Gasteiger partial charge in [0.1, 0.15) is 5.75 Å². The highest BCUT2D eigenvalue weighted by Crippen LogP contribution is 2.18. The molecule has 1 aromatic carbocycles. The van der Waals surface area contributed by atoms with Crippen LogP contribution in [0.2, 0.25) is 0 Å². The molecule has 1 aromatic heterocycles. The highest BCUT2D eigenvalue weighted by atomic mass is 16.5. The number of nitrogens with one attached hydrogen (secondary N) is 1. The fourth-order valence-electron chi connectivity index (χ4n) is 2.27. The summed E-state index contributed by atoms with van der Waals surface area (Å²) in [5.41, 5.74) is 3.61. The number of hydrogen-bond acceptors (Lipinski definition) is 3. The lowest BCUT2D eigenvalue weighted by molar-refractivity contribution is 0.0947. The molecule has 0 aliphatic carbocycles. The van der Waals surface area contributed by atoms with Gasteiger partial charge >= 0.3 is 0 Å². The van der Waals surface area contributed by atoms with Gasteiger partial charge in [-0.3, -0.25) is 9.48 Å². The number of nitrogens with zero attached hydrogens (tertiary/aromatic N) is 2. The van der Waals surface area contributed by atoms with Crippen molar-refractivity contribution in [3.63, 3.8) is 0 Å². The monoisotopic (exact) mass is 287 g/mol. The van der Waals surface area contributed by atoms with Gasteiger partial charge in [-0.25, -0.2) is 0 Å². The van der Waals surface area contributed by atoms with Crippen molar-refractivity contribution >= 4 is 5.91 Å². The fourth-order valence-corrected chi connectivity index (χ4v) is 2.27. The normalized spacial score (nSPS) is 10.5. The van der Waals surface area contributed by atoms with Crippen LogP contribution in [0.15, 0.2) is 24.3 Å². The Bertz CT molecular complexity index is 647. The summed E-state index contributed by atoms with van der Waals surface area (Å²) < 4.78 is 7.31. The van der Waals surface area contributed by atoms with Crippen molar-refractivity contribution in [2.75, 3.05) is 6.61 Å². The molecular weight excluding hydrogens is 266 g/mol. The molecule has 5 heteroatoms. The Hall–Kier alpha value is -2.30. The van der Waals surface area contributed by atoms with Gasteiger partial charge in [-0.2, -0.15) is 5.10 Å². The SMILES string of the molecule is CCOc1ccccc1C(=O)NCc1c(C)nn(C)c1C. The van der Waals surface area contributed by atoms with Crippen LogP contribution in [0, 0.1) is 13.8 Å². The Morgan fingerprint density at radius 2 is 2.05 bits per heavy atom. The third-order valence-electron chi connectivity index (χ3n) is 3.52. The molecule has 2 aromatic rings. The first kappa shape index (κ1) is 15.1. The lowest BCUT2D eigenvalue weighted by atomic mass is 10.1. The lowest BCUT2D eigenvalue weighted by Crippen LogP contribution is -2.24. The molecule has 112 valence electrons. The van der Waals surface area contributed by atoms with Crippen LogP contribution in [-0.2, 0) is 13.6 Å². The van der Waals surface area contributed by atoms with Crippen LogP contribution >= 0.6 is 0 Å². The van der Waals surface area contributed by atoms with Crippen LogP contribution in [0.25, 0.3) is 0 Å². The van der Waals surface area contributed by atoms with Gasteiger partial charge in [-0.15, -0.1) is 0 Å². The van der Waals surface area contributed by atoms with E-state index in [1.807, 2.05) is 44.6 Å². The maximum atomic E-state index is 12.3. The second-order valence-electron chi connectivity index (χ2n) is 4.88. The third-order valence-corrected chi connectivity index (χ3v) is 3.52. The third kappa shape index (κ3) is 3.24. The molecule has 5 nitrogen and oxygen atoms in total. The van der Waals surface area contributed by atoms with Crippen LogP contribution < -0.4 is 10.1 Å². The average Bonchev–Trinajstić information content (AvgIpc) is 2.71. The summed E-state index contributed by atoms with van der Waals surface area (Å²) in [6.45, 7) is 6.84. The minimum absolute atomic E-state index is 0.137. The molecule has 1 amide bonds. The van der Waals surface area contributed by atoms with Crippen molar-refractivity contribution in [2.45, 2.75) is 27.3 Å². The molecule has 0 saturated carbocycles. The van der Waals surface area contributed by atoms with Crippen LogP contribution in [0.3, 0.4) is 0 Å². The van der Waals surface area contributed by atoms with E-state index >= 15 is 0 Å². The van der Waals surface area contributed by atoms with Crippen LogP contribution in [0.4, 0.5) is 0 Å². The first-order chi connectivity index (χ1) is 10.0. The smallest absolute Gasteiger partial charge is 0.255 e. The molecule has 1 N–H and O–H groups in total. The van der Waals surface area contributed by atoms with Crippen LogP contribution in [0.1, 0.15) is 34.2 Å². The number of rotatable bonds is 5. The molecule has 1 heterocycles. The predicted octanol–water partition coefficient (Wildman–Crippen LogP) is 2.37.